The van der Waals surface area contributed by atoms with E-state index in [0.29, 0.717) is 0 Å². The number of fused-ring (bicyclic) bond motifs is 1. The Labute approximate surface area is 112 Å². The zero-order chi connectivity index (χ0) is 11.8. The van der Waals surface area contributed by atoms with Crippen molar-refractivity contribution in [3.8, 4) is 0 Å². The molecule has 3 nitrogen and oxygen atoms in total. The number of nitrogens with two attached hydrogens (primary N) is 1. The summed E-state index contributed by atoms with van der Waals surface area (Å²) in [6, 6.07) is 1.85. The molecule has 1 unspecified atom stereocenters. The van der Waals surface area contributed by atoms with Crippen LogP contribution in [0.25, 0.3) is 0 Å². The fourth-order valence-electron chi connectivity index (χ4n) is 2.08. The predicted molar refractivity (Wildman–Crippen MR) is 72.1 cm³/mol. The molecule has 1 aliphatic carbocycles. The lowest BCUT2D eigenvalue weighted by Crippen LogP contribution is -2.12. The highest BCUT2D eigenvalue weighted by molar-refractivity contribution is 9.10. The minimum atomic E-state index is -0.157. The second-order valence-corrected chi connectivity index (χ2v) is 6.22. The van der Waals surface area contributed by atoms with Crippen molar-refractivity contribution >= 4 is 27.3 Å². The Morgan fingerprint density at radius 3 is 3.00 bits per heavy atom. The van der Waals surface area contributed by atoms with Crippen LogP contribution in [0.2, 0.25) is 0 Å². The van der Waals surface area contributed by atoms with Gasteiger partial charge in [-0.15, -0.1) is 11.3 Å². The topological polar surface area (TPSA) is 51.8 Å². The summed E-state index contributed by atoms with van der Waals surface area (Å²) in [6.07, 6.45) is 7.08. The lowest BCUT2D eigenvalue weighted by molar-refractivity contribution is 0.828. The van der Waals surface area contributed by atoms with Gasteiger partial charge < -0.3 is 5.73 Å². The van der Waals surface area contributed by atoms with Crippen LogP contribution in [-0.4, -0.2) is 9.97 Å². The number of rotatable bonds is 2. The normalized spacial score (nSPS) is 15.9. The molecule has 2 heterocycles. The van der Waals surface area contributed by atoms with Crippen LogP contribution in [0.15, 0.2) is 22.9 Å². The van der Waals surface area contributed by atoms with Gasteiger partial charge in [-0.2, -0.15) is 0 Å². The van der Waals surface area contributed by atoms with E-state index in [1.165, 1.54) is 17.0 Å². The second-order valence-electron chi connectivity index (χ2n) is 4.19. The molecule has 17 heavy (non-hydrogen) atoms. The molecule has 0 aromatic carbocycles. The first kappa shape index (κ1) is 11.3. The Morgan fingerprint density at radius 1 is 1.35 bits per heavy atom. The Morgan fingerprint density at radius 2 is 2.24 bits per heavy atom. The number of aryl methyl sites for hydroxylation is 2. The van der Waals surface area contributed by atoms with E-state index >= 15 is 0 Å². The summed E-state index contributed by atoms with van der Waals surface area (Å²) >= 11 is 5.16. The monoisotopic (exact) mass is 309 g/mol. The summed E-state index contributed by atoms with van der Waals surface area (Å²) in [5, 5.41) is 1.01. The van der Waals surface area contributed by atoms with Crippen molar-refractivity contribution in [2.24, 2.45) is 5.73 Å². The Balaban J connectivity index is 1.93. The van der Waals surface area contributed by atoms with Crippen LogP contribution >= 0.6 is 27.3 Å². The van der Waals surface area contributed by atoms with Crippen molar-refractivity contribution in [2.45, 2.75) is 25.3 Å². The molecule has 2 aromatic rings. The highest BCUT2D eigenvalue weighted by Crippen LogP contribution is 2.32. The molecule has 0 spiro atoms. The maximum Gasteiger partial charge on any atom is 0.115 e. The Hall–Kier alpha value is -0.780. The molecule has 0 bridgehead atoms. The van der Waals surface area contributed by atoms with Crippen LogP contribution in [0, 0.1) is 0 Å². The van der Waals surface area contributed by atoms with Gasteiger partial charge in [-0.1, -0.05) is 0 Å². The smallest absolute Gasteiger partial charge is 0.115 e. The molecule has 0 saturated carbocycles. The van der Waals surface area contributed by atoms with Gasteiger partial charge in [0.15, 0.2) is 0 Å². The number of aromatic nitrogens is 2. The summed E-state index contributed by atoms with van der Waals surface area (Å²) in [4.78, 5) is 10.2. The minimum Gasteiger partial charge on any atom is -0.318 e. The van der Waals surface area contributed by atoms with Gasteiger partial charge in [-0.25, -0.2) is 4.98 Å². The SMILES string of the molecule is NC(c1cncc(Br)c1)c1nc2c(s1)CCC2. The van der Waals surface area contributed by atoms with Gasteiger partial charge in [0.2, 0.25) is 0 Å². The van der Waals surface area contributed by atoms with E-state index in [4.69, 9.17) is 5.73 Å². The molecule has 0 saturated heterocycles. The number of thiazole rings is 1. The van der Waals surface area contributed by atoms with Gasteiger partial charge in [-0.3, -0.25) is 4.98 Å². The van der Waals surface area contributed by atoms with Gasteiger partial charge in [0, 0.05) is 21.7 Å². The molecule has 1 atom stereocenters. The van der Waals surface area contributed by atoms with Crippen molar-refractivity contribution in [2.75, 3.05) is 0 Å². The van der Waals surface area contributed by atoms with Crippen molar-refractivity contribution in [3.05, 3.63) is 44.1 Å². The third-order valence-corrected chi connectivity index (χ3v) is 4.64. The molecule has 5 heteroatoms. The summed E-state index contributed by atoms with van der Waals surface area (Å²) in [7, 11) is 0. The largest absolute Gasteiger partial charge is 0.318 e. The van der Waals surface area contributed by atoms with E-state index in [-0.39, 0.29) is 6.04 Å². The number of hydrogen-bond acceptors (Lipinski definition) is 4. The van der Waals surface area contributed by atoms with Crippen LogP contribution in [0.5, 0.6) is 0 Å². The molecule has 2 aromatic heterocycles. The second kappa shape index (κ2) is 4.48. The fraction of sp³-hybridized carbons (Fsp3) is 0.333. The molecule has 88 valence electrons. The molecular weight excluding hydrogens is 298 g/mol. The lowest BCUT2D eigenvalue weighted by Gasteiger charge is -2.08. The first-order valence-electron chi connectivity index (χ1n) is 5.58. The van der Waals surface area contributed by atoms with Crippen LogP contribution < -0.4 is 5.73 Å². The summed E-state index contributed by atoms with van der Waals surface area (Å²) in [6.45, 7) is 0. The zero-order valence-corrected chi connectivity index (χ0v) is 11.6. The highest BCUT2D eigenvalue weighted by Gasteiger charge is 2.21. The van der Waals surface area contributed by atoms with E-state index in [1.54, 1.807) is 17.5 Å². The van der Waals surface area contributed by atoms with E-state index in [1.807, 2.05) is 12.3 Å². The average Bonchev–Trinajstić information content (AvgIpc) is 2.88. The zero-order valence-electron chi connectivity index (χ0n) is 9.19. The standard InChI is InChI=1S/C12H12BrN3S/c13-8-4-7(5-15-6-8)11(14)12-16-9-2-1-3-10(9)17-12/h4-6,11H,1-3,14H2. The number of pyridine rings is 1. The minimum absolute atomic E-state index is 0.157. The molecular formula is C12H12BrN3S. The quantitative estimate of drug-likeness (QED) is 0.928. The van der Waals surface area contributed by atoms with E-state index in [9.17, 15) is 0 Å². The molecule has 1 aliphatic rings. The molecule has 0 fully saturated rings. The van der Waals surface area contributed by atoms with Gasteiger partial charge in [0.05, 0.1) is 11.7 Å². The third kappa shape index (κ3) is 2.14. The number of hydrogen-bond donors (Lipinski definition) is 1. The van der Waals surface area contributed by atoms with Gasteiger partial charge in [0.25, 0.3) is 0 Å². The van der Waals surface area contributed by atoms with Crippen molar-refractivity contribution in [1.82, 2.24) is 9.97 Å². The number of halogens is 1. The Bertz CT molecular complexity index is 531. The van der Waals surface area contributed by atoms with Crippen LogP contribution in [0.4, 0.5) is 0 Å². The lowest BCUT2D eigenvalue weighted by atomic mass is 10.1. The predicted octanol–water partition coefficient (Wildman–Crippen LogP) is 2.84. The van der Waals surface area contributed by atoms with Crippen molar-refractivity contribution < 1.29 is 0 Å². The van der Waals surface area contributed by atoms with E-state index in [0.717, 1.165) is 27.9 Å². The maximum atomic E-state index is 6.23. The van der Waals surface area contributed by atoms with Crippen LogP contribution in [-0.2, 0) is 12.8 Å². The first-order valence-corrected chi connectivity index (χ1v) is 7.19. The van der Waals surface area contributed by atoms with Crippen molar-refractivity contribution in [1.29, 1.82) is 0 Å². The average molecular weight is 310 g/mol. The number of nitrogens with zero attached hydrogens (tertiary/aromatic N) is 2. The highest BCUT2D eigenvalue weighted by atomic mass is 79.9. The third-order valence-electron chi connectivity index (χ3n) is 2.96. The summed E-state index contributed by atoms with van der Waals surface area (Å²) in [5.74, 6) is 0. The van der Waals surface area contributed by atoms with Gasteiger partial charge in [-0.05, 0) is 46.8 Å². The first-order chi connectivity index (χ1) is 8.24. The van der Waals surface area contributed by atoms with Crippen LogP contribution in [0.3, 0.4) is 0 Å². The van der Waals surface area contributed by atoms with E-state index in [2.05, 4.69) is 25.9 Å². The van der Waals surface area contributed by atoms with Crippen molar-refractivity contribution in [3.63, 3.8) is 0 Å². The Kier molecular flexibility index (Phi) is 2.98. The molecule has 3 rings (SSSR count). The molecule has 0 radical (unpaired) electrons. The fourth-order valence-corrected chi connectivity index (χ4v) is 3.65. The van der Waals surface area contributed by atoms with Crippen LogP contribution in [0.1, 0.15) is 33.6 Å². The summed E-state index contributed by atoms with van der Waals surface area (Å²) in [5.41, 5.74) is 8.49. The van der Waals surface area contributed by atoms with Gasteiger partial charge >= 0.3 is 0 Å². The molecule has 0 amide bonds. The van der Waals surface area contributed by atoms with Gasteiger partial charge in [0.1, 0.15) is 5.01 Å². The summed E-state index contributed by atoms with van der Waals surface area (Å²) < 4.78 is 0.953. The molecule has 2 N–H and O–H groups in total. The maximum absolute atomic E-state index is 6.23. The molecule has 0 aliphatic heterocycles. The van der Waals surface area contributed by atoms with E-state index < -0.39 is 0 Å².